The van der Waals surface area contributed by atoms with Crippen LogP contribution in [0.25, 0.3) is 10.9 Å². The monoisotopic (exact) mass is 446 g/mol. The Morgan fingerprint density at radius 1 is 1.03 bits per heavy atom. The Morgan fingerprint density at radius 2 is 1.78 bits per heavy atom. The van der Waals surface area contributed by atoms with Gasteiger partial charge in [-0.1, -0.05) is 50.2 Å². The van der Waals surface area contributed by atoms with Crippen molar-refractivity contribution in [1.82, 2.24) is 18.8 Å². The van der Waals surface area contributed by atoms with Crippen molar-refractivity contribution in [2.24, 2.45) is 0 Å². The fraction of sp³-hybridized carbons (Fsp3) is 0.280. The molecule has 0 spiro atoms. The van der Waals surface area contributed by atoms with Crippen LogP contribution in [0.3, 0.4) is 0 Å². The Labute approximate surface area is 188 Å². The topological polar surface area (TPSA) is 68.1 Å². The molecule has 0 unspecified atom stereocenters. The highest BCUT2D eigenvalue weighted by atomic mass is 32.2. The van der Waals surface area contributed by atoms with Gasteiger partial charge in [-0.05, 0) is 23.8 Å². The van der Waals surface area contributed by atoms with Crippen LogP contribution in [0, 0.1) is 0 Å². The van der Waals surface area contributed by atoms with Crippen LogP contribution in [-0.4, -0.2) is 33.8 Å². The third-order valence-corrected chi connectivity index (χ3v) is 7.69. The highest BCUT2D eigenvalue weighted by Gasteiger charge is 2.24. The molecular formula is C25H26N4O2S. The molecule has 164 valence electrons. The quantitative estimate of drug-likeness (QED) is 0.456. The van der Waals surface area contributed by atoms with Gasteiger partial charge in [0.25, 0.3) is 10.0 Å². The summed E-state index contributed by atoms with van der Waals surface area (Å²) in [7, 11) is -3.67. The molecule has 1 aliphatic heterocycles. The van der Waals surface area contributed by atoms with Crippen LogP contribution in [0.15, 0.2) is 71.9 Å². The van der Waals surface area contributed by atoms with E-state index in [0.29, 0.717) is 18.0 Å². The SMILES string of the molecule is CC(C)c1ncc2c(n1)CCN(Cc1cn(S(=O)(=O)c3ccccc3)c3ccccc13)C2. The lowest BCUT2D eigenvalue weighted by Gasteiger charge is -2.28. The van der Waals surface area contributed by atoms with Gasteiger partial charge in [0, 0.05) is 61.0 Å². The van der Waals surface area contributed by atoms with Gasteiger partial charge in [0.15, 0.2) is 0 Å². The van der Waals surface area contributed by atoms with Gasteiger partial charge in [-0.3, -0.25) is 4.90 Å². The molecule has 0 saturated carbocycles. The number of hydrogen-bond donors (Lipinski definition) is 0. The van der Waals surface area contributed by atoms with E-state index in [1.165, 1.54) is 3.97 Å². The first-order valence-electron chi connectivity index (χ1n) is 10.9. The lowest BCUT2D eigenvalue weighted by Crippen LogP contribution is -2.31. The second-order valence-corrected chi connectivity index (χ2v) is 10.4. The van der Waals surface area contributed by atoms with Gasteiger partial charge < -0.3 is 0 Å². The molecule has 0 amide bonds. The minimum Gasteiger partial charge on any atom is -0.294 e. The van der Waals surface area contributed by atoms with E-state index in [-0.39, 0.29) is 4.90 Å². The van der Waals surface area contributed by atoms with Crippen molar-refractivity contribution < 1.29 is 8.42 Å². The average Bonchev–Trinajstić information content (AvgIpc) is 3.18. The van der Waals surface area contributed by atoms with Gasteiger partial charge in [-0.2, -0.15) is 0 Å². The molecular weight excluding hydrogens is 420 g/mol. The number of fused-ring (bicyclic) bond motifs is 2. The maximum atomic E-state index is 13.3. The molecule has 0 N–H and O–H groups in total. The van der Waals surface area contributed by atoms with Crippen LogP contribution in [-0.2, 0) is 29.5 Å². The molecule has 0 aliphatic carbocycles. The highest BCUT2D eigenvalue weighted by Crippen LogP contribution is 2.28. The van der Waals surface area contributed by atoms with Gasteiger partial charge >= 0.3 is 0 Å². The fourth-order valence-corrected chi connectivity index (χ4v) is 5.71. The van der Waals surface area contributed by atoms with Gasteiger partial charge in [0.2, 0.25) is 0 Å². The minimum absolute atomic E-state index is 0.289. The summed E-state index contributed by atoms with van der Waals surface area (Å²) in [4.78, 5) is 11.9. The van der Waals surface area contributed by atoms with E-state index in [9.17, 15) is 8.42 Å². The second-order valence-electron chi connectivity index (χ2n) is 8.60. The largest absolute Gasteiger partial charge is 0.294 e. The molecule has 2 aromatic heterocycles. The predicted octanol–water partition coefficient (Wildman–Crippen LogP) is 4.35. The van der Waals surface area contributed by atoms with Crippen molar-refractivity contribution in [3.05, 3.63) is 89.6 Å². The van der Waals surface area contributed by atoms with Crippen molar-refractivity contribution in [1.29, 1.82) is 0 Å². The van der Waals surface area contributed by atoms with Crippen molar-refractivity contribution in [2.75, 3.05) is 6.54 Å². The lowest BCUT2D eigenvalue weighted by atomic mass is 10.1. The molecule has 1 aliphatic rings. The van der Waals surface area contributed by atoms with Gasteiger partial charge in [-0.15, -0.1) is 0 Å². The minimum atomic E-state index is -3.67. The Hall–Kier alpha value is -3.03. The van der Waals surface area contributed by atoms with Crippen molar-refractivity contribution in [3.8, 4) is 0 Å². The third kappa shape index (κ3) is 3.72. The summed E-state index contributed by atoms with van der Waals surface area (Å²) in [6.07, 6.45) is 4.60. The zero-order valence-corrected chi connectivity index (χ0v) is 19.1. The van der Waals surface area contributed by atoms with Crippen LogP contribution in [0.2, 0.25) is 0 Å². The number of rotatable bonds is 5. The van der Waals surface area contributed by atoms with Crippen LogP contribution < -0.4 is 0 Å². The van der Waals surface area contributed by atoms with E-state index in [1.807, 2.05) is 36.5 Å². The van der Waals surface area contributed by atoms with E-state index in [4.69, 9.17) is 4.98 Å². The molecule has 4 aromatic rings. The van der Waals surface area contributed by atoms with Gasteiger partial charge in [0.1, 0.15) is 5.82 Å². The van der Waals surface area contributed by atoms with Crippen LogP contribution in [0.1, 0.15) is 42.4 Å². The molecule has 2 aromatic carbocycles. The molecule has 6 nitrogen and oxygen atoms in total. The molecule has 7 heteroatoms. The molecule has 0 saturated heterocycles. The zero-order chi connectivity index (χ0) is 22.3. The number of nitrogens with zero attached hydrogens (tertiary/aromatic N) is 4. The number of para-hydroxylation sites is 1. The van der Waals surface area contributed by atoms with Crippen molar-refractivity contribution in [3.63, 3.8) is 0 Å². The first kappa shape index (κ1) is 20.8. The molecule has 3 heterocycles. The molecule has 0 atom stereocenters. The maximum absolute atomic E-state index is 13.3. The molecule has 0 bridgehead atoms. The Morgan fingerprint density at radius 3 is 2.56 bits per heavy atom. The standard InChI is InChI=1S/C25H26N4O2S/c1-18(2)25-26-14-19-15-28(13-12-23(19)27-25)16-20-17-29(24-11-7-6-10-22(20)24)32(30,31)21-8-4-3-5-9-21/h3-11,14,17-18H,12-13,15-16H2,1-2H3. The number of benzene rings is 2. The Bertz CT molecular complexity index is 1380. The Kier molecular flexibility index (Phi) is 5.31. The van der Waals surface area contributed by atoms with E-state index in [1.54, 1.807) is 30.5 Å². The van der Waals surface area contributed by atoms with Gasteiger partial charge in [-0.25, -0.2) is 22.4 Å². The summed E-state index contributed by atoms with van der Waals surface area (Å²) in [6, 6.07) is 16.3. The van der Waals surface area contributed by atoms with Crippen molar-refractivity contribution >= 4 is 20.9 Å². The highest BCUT2D eigenvalue weighted by molar-refractivity contribution is 7.90. The average molecular weight is 447 g/mol. The summed E-state index contributed by atoms with van der Waals surface area (Å²) >= 11 is 0. The molecule has 0 radical (unpaired) electrons. The predicted molar refractivity (Wildman–Crippen MR) is 125 cm³/mol. The van der Waals surface area contributed by atoms with Crippen LogP contribution in [0.5, 0.6) is 0 Å². The molecule has 32 heavy (non-hydrogen) atoms. The summed E-state index contributed by atoms with van der Waals surface area (Å²) in [6.45, 7) is 6.53. The summed E-state index contributed by atoms with van der Waals surface area (Å²) in [5.74, 6) is 1.21. The van der Waals surface area contributed by atoms with Crippen LogP contribution >= 0.6 is 0 Å². The van der Waals surface area contributed by atoms with Crippen LogP contribution in [0.4, 0.5) is 0 Å². The zero-order valence-electron chi connectivity index (χ0n) is 18.3. The second kappa shape index (κ2) is 8.15. The maximum Gasteiger partial charge on any atom is 0.268 e. The van der Waals surface area contributed by atoms with Crippen molar-refractivity contribution in [2.45, 2.75) is 44.2 Å². The first-order valence-corrected chi connectivity index (χ1v) is 12.3. The molecule has 5 rings (SSSR count). The van der Waals surface area contributed by atoms with E-state index in [0.717, 1.165) is 47.5 Å². The fourth-order valence-electron chi connectivity index (χ4n) is 4.29. The lowest BCUT2D eigenvalue weighted by molar-refractivity contribution is 0.243. The number of hydrogen-bond acceptors (Lipinski definition) is 5. The molecule has 0 fully saturated rings. The number of aromatic nitrogens is 3. The normalized spacial score (nSPS) is 14.7. The first-order chi connectivity index (χ1) is 15.4. The van der Waals surface area contributed by atoms with Gasteiger partial charge in [0.05, 0.1) is 10.4 Å². The van der Waals surface area contributed by atoms with E-state index >= 15 is 0 Å². The summed E-state index contributed by atoms with van der Waals surface area (Å²) in [5, 5.41) is 0.962. The van der Waals surface area contributed by atoms with E-state index in [2.05, 4.69) is 23.7 Å². The summed E-state index contributed by atoms with van der Waals surface area (Å²) < 4.78 is 28.1. The summed E-state index contributed by atoms with van der Waals surface area (Å²) in [5.41, 5.74) is 3.99. The van der Waals surface area contributed by atoms with E-state index < -0.39 is 10.0 Å². The smallest absolute Gasteiger partial charge is 0.268 e. The Balaban J connectivity index is 1.47. The third-order valence-electron chi connectivity index (χ3n) is 6.00.